The third-order valence-corrected chi connectivity index (χ3v) is 5.42. The lowest BCUT2D eigenvalue weighted by molar-refractivity contribution is -0.132. The second-order valence-corrected chi connectivity index (χ2v) is 7.63. The van der Waals surface area contributed by atoms with Crippen LogP contribution in [0.5, 0.6) is 0 Å². The van der Waals surface area contributed by atoms with Crippen molar-refractivity contribution in [2.75, 3.05) is 13.1 Å². The Bertz CT molecular complexity index is 500. The molecule has 0 aliphatic carbocycles. The predicted octanol–water partition coefficient (Wildman–Crippen LogP) is 3.73. The van der Waals surface area contributed by atoms with Gasteiger partial charge in [-0.2, -0.15) is 0 Å². The minimum atomic E-state index is -0.232. The third-order valence-electron chi connectivity index (χ3n) is 5.42. The first-order valence-electron chi connectivity index (χ1n) is 10.2. The fourth-order valence-corrected chi connectivity index (χ4v) is 3.72. The van der Waals surface area contributed by atoms with E-state index in [-0.39, 0.29) is 35.1 Å². The van der Waals surface area contributed by atoms with Crippen LogP contribution in [-0.4, -0.2) is 41.2 Å². The van der Waals surface area contributed by atoms with Gasteiger partial charge in [0.15, 0.2) is 0 Å². The molecule has 0 bridgehead atoms. The number of nitrogens with zero attached hydrogens (tertiary/aromatic N) is 1. The van der Waals surface area contributed by atoms with Crippen LogP contribution in [-0.2, 0) is 19.2 Å². The zero-order valence-electron chi connectivity index (χ0n) is 16.7. The summed E-state index contributed by atoms with van der Waals surface area (Å²) in [5, 5.41) is 0. The van der Waals surface area contributed by atoms with Crippen molar-refractivity contribution in [2.45, 2.75) is 85.0 Å². The highest BCUT2D eigenvalue weighted by Crippen LogP contribution is 2.26. The molecule has 0 aromatic heterocycles. The molecule has 1 rings (SSSR count). The molecule has 148 valence electrons. The van der Waals surface area contributed by atoms with E-state index in [9.17, 15) is 19.2 Å². The summed E-state index contributed by atoms with van der Waals surface area (Å²) in [6, 6.07) is 0. The number of carbonyl (C=O) groups is 4. The smallest absolute Gasteiger partial charge is 0.219 e. The van der Waals surface area contributed by atoms with Crippen molar-refractivity contribution in [2.24, 2.45) is 11.8 Å². The molecule has 5 nitrogen and oxygen atoms in total. The standard InChI is InChI=1S/C21H35NO4/c1-4-20(25)15-19-10-6-8-14-22(17(3)24)13-7-5-9-18(21(19)26)12-11-16(2)23/h18-19H,4-15H2,1-3H3. The lowest BCUT2D eigenvalue weighted by Crippen LogP contribution is -2.32. The molecule has 1 amide bonds. The highest BCUT2D eigenvalue weighted by Gasteiger charge is 2.28. The first kappa shape index (κ1) is 22.5. The van der Waals surface area contributed by atoms with E-state index >= 15 is 0 Å². The van der Waals surface area contributed by atoms with E-state index in [1.807, 2.05) is 11.8 Å². The average Bonchev–Trinajstić information content (AvgIpc) is 2.59. The second-order valence-electron chi connectivity index (χ2n) is 7.63. The molecule has 26 heavy (non-hydrogen) atoms. The molecule has 0 radical (unpaired) electrons. The van der Waals surface area contributed by atoms with Gasteiger partial charge in [-0.25, -0.2) is 0 Å². The molecule has 0 saturated carbocycles. The number of rotatable bonds is 6. The summed E-state index contributed by atoms with van der Waals surface area (Å²) in [7, 11) is 0. The van der Waals surface area contributed by atoms with Crippen molar-refractivity contribution in [3.05, 3.63) is 0 Å². The Hall–Kier alpha value is -1.52. The minimum Gasteiger partial charge on any atom is -0.343 e. The maximum Gasteiger partial charge on any atom is 0.219 e. The summed E-state index contributed by atoms with van der Waals surface area (Å²) in [6.07, 6.45) is 6.68. The van der Waals surface area contributed by atoms with Gasteiger partial charge in [0.1, 0.15) is 17.3 Å². The first-order valence-corrected chi connectivity index (χ1v) is 10.2. The van der Waals surface area contributed by atoms with E-state index in [0.29, 0.717) is 32.1 Å². The van der Waals surface area contributed by atoms with Crippen molar-refractivity contribution >= 4 is 23.3 Å². The topological polar surface area (TPSA) is 71.5 Å². The lowest BCUT2D eigenvalue weighted by Gasteiger charge is -2.26. The van der Waals surface area contributed by atoms with Crippen LogP contribution >= 0.6 is 0 Å². The van der Waals surface area contributed by atoms with Gasteiger partial charge in [0.05, 0.1) is 0 Å². The lowest BCUT2D eigenvalue weighted by atomic mass is 9.80. The maximum atomic E-state index is 13.1. The Balaban J connectivity index is 2.86. The van der Waals surface area contributed by atoms with Crippen LogP contribution in [0.25, 0.3) is 0 Å². The fourth-order valence-electron chi connectivity index (χ4n) is 3.72. The molecule has 1 saturated heterocycles. The quantitative estimate of drug-likeness (QED) is 0.719. The summed E-state index contributed by atoms with van der Waals surface area (Å²) in [5.74, 6) is 0.142. The molecular formula is C21H35NO4. The summed E-state index contributed by atoms with van der Waals surface area (Å²) in [6.45, 7) is 6.46. The van der Waals surface area contributed by atoms with Crippen LogP contribution in [0.2, 0.25) is 0 Å². The van der Waals surface area contributed by atoms with Gasteiger partial charge >= 0.3 is 0 Å². The summed E-state index contributed by atoms with van der Waals surface area (Å²) >= 11 is 0. The third kappa shape index (κ3) is 8.24. The molecule has 1 fully saturated rings. The van der Waals surface area contributed by atoms with Gasteiger partial charge in [-0.1, -0.05) is 19.8 Å². The Morgan fingerprint density at radius 3 is 2.04 bits per heavy atom. The fraction of sp³-hybridized carbons (Fsp3) is 0.810. The van der Waals surface area contributed by atoms with Crippen LogP contribution in [0.15, 0.2) is 0 Å². The maximum absolute atomic E-state index is 13.1. The normalized spacial score (nSPS) is 23.0. The molecule has 0 aromatic rings. The van der Waals surface area contributed by atoms with Crippen molar-refractivity contribution < 1.29 is 19.2 Å². The number of ketones is 3. The van der Waals surface area contributed by atoms with E-state index in [2.05, 4.69) is 0 Å². The molecule has 2 unspecified atom stereocenters. The SMILES string of the molecule is CCC(=O)CC1CCCCN(C(C)=O)CCCCC(CCC(C)=O)C1=O. The molecule has 1 heterocycles. The summed E-state index contributed by atoms with van der Waals surface area (Å²) < 4.78 is 0. The van der Waals surface area contributed by atoms with Crippen LogP contribution in [0.1, 0.15) is 85.0 Å². The molecule has 1 aliphatic rings. The second kappa shape index (κ2) is 12.0. The van der Waals surface area contributed by atoms with E-state index in [1.165, 1.54) is 0 Å². The summed E-state index contributed by atoms with van der Waals surface area (Å²) in [4.78, 5) is 50.0. The van der Waals surface area contributed by atoms with Crippen LogP contribution in [0, 0.1) is 11.8 Å². The van der Waals surface area contributed by atoms with Gasteiger partial charge in [0, 0.05) is 51.1 Å². The number of Topliss-reactive ketones (excluding diaryl/α,β-unsaturated/α-hetero) is 3. The Morgan fingerprint density at radius 2 is 1.54 bits per heavy atom. The van der Waals surface area contributed by atoms with E-state index in [4.69, 9.17) is 0 Å². The number of carbonyl (C=O) groups excluding carboxylic acids is 4. The highest BCUT2D eigenvalue weighted by atomic mass is 16.2. The van der Waals surface area contributed by atoms with Crippen molar-refractivity contribution in [3.8, 4) is 0 Å². The van der Waals surface area contributed by atoms with E-state index in [1.54, 1.807) is 13.8 Å². The minimum absolute atomic E-state index is 0.101. The van der Waals surface area contributed by atoms with Crippen LogP contribution in [0.3, 0.4) is 0 Å². The van der Waals surface area contributed by atoms with Crippen molar-refractivity contribution in [1.82, 2.24) is 4.90 Å². The van der Waals surface area contributed by atoms with Gasteiger partial charge < -0.3 is 9.69 Å². The van der Waals surface area contributed by atoms with Crippen LogP contribution in [0.4, 0.5) is 0 Å². The zero-order chi connectivity index (χ0) is 19.5. The zero-order valence-corrected chi connectivity index (χ0v) is 16.7. The van der Waals surface area contributed by atoms with Crippen LogP contribution < -0.4 is 0 Å². The number of hydrogen-bond donors (Lipinski definition) is 0. The van der Waals surface area contributed by atoms with Gasteiger partial charge in [0.2, 0.25) is 5.91 Å². The first-order chi connectivity index (χ1) is 12.3. The molecule has 5 heteroatoms. The number of hydrogen-bond acceptors (Lipinski definition) is 4. The highest BCUT2D eigenvalue weighted by molar-refractivity contribution is 5.89. The van der Waals surface area contributed by atoms with Crippen molar-refractivity contribution in [1.29, 1.82) is 0 Å². The Morgan fingerprint density at radius 1 is 0.962 bits per heavy atom. The van der Waals surface area contributed by atoms with E-state index in [0.717, 1.165) is 45.2 Å². The van der Waals surface area contributed by atoms with Gasteiger partial charge in [0.25, 0.3) is 0 Å². The molecule has 1 aliphatic heterocycles. The molecule has 0 spiro atoms. The molecule has 0 aromatic carbocycles. The average molecular weight is 366 g/mol. The number of amides is 1. The monoisotopic (exact) mass is 365 g/mol. The predicted molar refractivity (Wildman–Crippen MR) is 102 cm³/mol. The Labute approximate surface area is 157 Å². The van der Waals surface area contributed by atoms with Gasteiger partial charge in [-0.15, -0.1) is 0 Å². The van der Waals surface area contributed by atoms with Crippen molar-refractivity contribution in [3.63, 3.8) is 0 Å². The molecule has 2 atom stereocenters. The molecule has 0 N–H and O–H groups in total. The van der Waals surface area contributed by atoms with Gasteiger partial charge in [-0.05, 0) is 39.0 Å². The Kier molecular flexibility index (Phi) is 10.4. The summed E-state index contributed by atoms with van der Waals surface area (Å²) in [5.41, 5.74) is 0. The largest absolute Gasteiger partial charge is 0.343 e. The van der Waals surface area contributed by atoms with Gasteiger partial charge in [-0.3, -0.25) is 14.4 Å². The molecular weight excluding hydrogens is 330 g/mol. The van der Waals surface area contributed by atoms with E-state index < -0.39 is 0 Å².